The Morgan fingerprint density at radius 1 is 1.10 bits per heavy atom. The first kappa shape index (κ1) is 12.4. The summed E-state index contributed by atoms with van der Waals surface area (Å²) in [5, 5.41) is 2.14. The van der Waals surface area contributed by atoms with Gasteiger partial charge in [0.05, 0.1) is 17.6 Å². The highest BCUT2D eigenvalue weighted by molar-refractivity contribution is 6.06. The van der Waals surface area contributed by atoms with Gasteiger partial charge in [0.25, 0.3) is 0 Å². The highest BCUT2D eigenvalue weighted by Gasteiger charge is 2.11. The van der Waals surface area contributed by atoms with Crippen LogP contribution in [0.2, 0.25) is 0 Å². The van der Waals surface area contributed by atoms with E-state index in [4.69, 9.17) is 9.15 Å². The molecule has 2 aromatic carbocycles. The zero-order valence-electron chi connectivity index (χ0n) is 10.9. The van der Waals surface area contributed by atoms with Gasteiger partial charge in [-0.05, 0) is 36.6 Å². The normalized spacial score (nSPS) is 10.8. The summed E-state index contributed by atoms with van der Waals surface area (Å²) in [5.74, 6) is -0.426. The van der Waals surface area contributed by atoms with E-state index in [9.17, 15) is 9.59 Å². The number of hydrogen-bond donors (Lipinski definition) is 0. The van der Waals surface area contributed by atoms with Crippen LogP contribution in [0.1, 0.15) is 17.3 Å². The molecule has 0 spiro atoms. The maximum Gasteiger partial charge on any atom is 0.344 e. The van der Waals surface area contributed by atoms with Crippen molar-refractivity contribution in [2.75, 3.05) is 6.61 Å². The molecule has 0 amide bonds. The van der Waals surface area contributed by atoms with Gasteiger partial charge in [-0.25, -0.2) is 9.59 Å². The minimum atomic E-state index is -0.426. The molecule has 0 saturated carbocycles. The number of fused-ring (bicyclic) bond motifs is 3. The Balaban J connectivity index is 2.29. The molecule has 4 nitrogen and oxygen atoms in total. The molecular weight excluding hydrogens is 256 g/mol. The average molecular weight is 268 g/mol. The standard InChI is InChI=1S/C16H12O4/c1-2-19-15(17)10-7-8-12-11-5-3-4-6-13(11)16(18)20-14(12)9-10/h3-9H,2H2,1H3. The average Bonchev–Trinajstić information content (AvgIpc) is 2.47. The molecule has 3 aromatic rings. The van der Waals surface area contributed by atoms with Gasteiger partial charge >= 0.3 is 11.6 Å². The zero-order valence-corrected chi connectivity index (χ0v) is 10.9. The molecule has 3 rings (SSSR count). The summed E-state index contributed by atoms with van der Waals surface area (Å²) in [4.78, 5) is 23.6. The van der Waals surface area contributed by atoms with E-state index in [1.807, 2.05) is 12.1 Å². The SMILES string of the molecule is CCOC(=O)c1ccc2c(c1)oc(=O)c1ccccc12. The minimum Gasteiger partial charge on any atom is -0.462 e. The first-order chi connectivity index (χ1) is 9.70. The number of hydrogen-bond acceptors (Lipinski definition) is 4. The Morgan fingerprint density at radius 2 is 1.85 bits per heavy atom. The third kappa shape index (κ3) is 1.95. The fourth-order valence-electron chi connectivity index (χ4n) is 2.22. The van der Waals surface area contributed by atoms with Crippen molar-refractivity contribution in [2.24, 2.45) is 0 Å². The highest BCUT2D eigenvalue weighted by atomic mass is 16.5. The predicted molar refractivity (Wildman–Crippen MR) is 75.9 cm³/mol. The van der Waals surface area contributed by atoms with E-state index in [0.717, 1.165) is 10.8 Å². The molecule has 0 unspecified atom stereocenters. The van der Waals surface area contributed by atoms with Gasteiger partial charge in [-0.3, -0.25) is 0 Å². The van der Waals surface area contributed by atoms with Crippen molar-refractivity contribution in [3.63, 3.8) is 0 Å². The van der Waals surface area contributed by atoms with Crippen LogP contribution < -0.4 is 5.63 Å². The summed E-state index contributed by atoms with van der Waals surface area (Å²) in [5.41, 5.74) is 0.353. The smallest absolute Gasteiger partial charge is 0.344 e. The molecule has 4 heteroatoms. The summed E-state index contributed by atoms with van der Waals surface area (Å²) in [6, 6.07) is 12.2. The van der Waals surface area contributed by atoms with E-state index in [-0.39, 0.29) is 0 Å². The van der Waals surface area contributed by atoms with E-state index in [0.29, 0.717) is 23.1 Å². The Labute approximate surface area is 114 Å². The van der Waals surface area contributed by atoms with Crippen molar-refractivity contribution in [3.8, 4) is 0 Å². The summed E-state index contributed by atoms with van der Waals surface area (Å²) in [6.07, 6.45) is 0. The van der Waals surface area contributed by atoms with Crippen LogP contribution in [0.25, 0.3) is 21.7 Å². The Morgan fingerprint density at radius 3 is 2.60 bits per heavy atom. The quantitative estimate of drug-likeness (QED) is 0.407. The second-order valence-corrected chi connectivity index (χ2v) is 4.37. The molecule has 0 aliphatic heterocycles. The molecule has 100 valence electrons. The van der Waals surface area contributed by atoms with Crippen LogP contribution in [-0.4, -0.2) is 12.6 Å². The zero-order chi connectivity index (χ0) is 14.1. The lowest BCUT2D eigenvalue weighted by atomic mass is 10.1. The molecule has 0 fully saturated rings. The van der Waals surface area contributed by atoms with Crippen molar-refractivity contribution in [1.82, 2.24) is 0 Å². The molecular formula is C16H12O4. The Hall–Kier alpha value is -2.62. The molecule has 0 radical (unpaired) electrons. The van der Waals surface area contributed by atoms with Gasteiger partial charge in [-0.15, -0.1) is 0 Å². The van der Waals surface area contributed by atoms with Crippen molar-refractivity contribution >= 4 is 27.7 Å². The molecule has 1 heterocycles. The van der Waals surface area contributed by atoms with Crippen LogP contribution in [0, 0.1) is 0 Å². The first-order valence-corrected chi connectivity index (χ1v) is 6.33. The topological polar surface area (TPSA) is 56.5 Å². The van der Waals surface area contributed by atoms with E-state index in [2.05, 4.69) is 0 Å². The molecule has 0 bridgehead atoms. The number of esters is 1. The minimum absolute atomic E-state index is 0.304. The molecule has 0 atom stereocenters. The molecule has 1 aromatic heterocycles. The summed E-state index contributed by atoms with van der Waals surface area (Å²) in [7, 11) is 0. The number of ether oxygens (including phenoxy) is 1. The van der Waals surface area contributed by atoms with Gasteiger partial charge < -0.3 is 9.15 Å². The molecule has 0 aliphatic rings. The van der Waals surface area contributed by atoms with Crippen LogP contribution >= 0.6 is 0 Å². The van der Waals surface area contributed by atoms with Crippen molar-refractivity contribution in [3.05, 3.63) is 58.4 Å². The largest absolute Gasteiger partial charge is 0.462 e. The lowest BCUT2D eigenvalue weighted by Gasteiger charge is -2.05. The maximum absolute atomic E-state index is 11.9. The first-order valence-electron chi connectivity index (χ1n) is 6.33. The van der Waals surface area contributed by atoms with Gasteiger partial charge in [0, 0.05) is 5.39 Å². The van der Waals surface area contributed by atoms with Gasteiger partial charge in [0.2, 0.25) is 0 Å². The van der Waals surface area contributed by atoms with Crippen LogP contribution in [-0.2, 0) is 4.74 Å². The van der Waals surface area contributed by atoms with Crippen molar-refractivity contribution < 1.29 is 13.9 Å². The summed E-state index contributed by atoms with van der Waals surface area (Å²) in [6.45, 7) is 2.05. The number of benzene rings is 2. The fourth-order valence-corrected chi connectivity index (χ4v) is 2.22. The molecule has 20 heavy (non-hydrogen) atoms. The molecule has 0 N–H and O–H groups in total. The van der Waals surface area contributed by atoms with Crippen LogP contribution in [0.4, 0.5) is 0 Å². The second-order valence-electron chi connectivity index (χ2n) is 4.37. The van der Waals surface area contributed by atoms with E-state index < -0.39 is 11.6 Å². The third-order valence-corrected chi connectivity index (χ3v) is 3.13. The van der Waals surface area contributed by atoms with E-state index in [1.54, 1.807) is 37.3 Å². The monoisotopic (exact) mass is 268 g/mol. The van der Waals surface area contributed by atoms with Crippen LogP contribution in [0.5, 0.6) is 0 Å². The molecule has 0 saturated heterocycles. The highest BCUT2D eigenvalue weighted by Crippen LogP contribution is 2.23. The second kappa shape index (κ2) is 4.81. The van der Waals surface area contributed by atoms with Crippen molar-refractivity contribution in [2.45, 2.75) is 6.92 Å². The molecule has 0 aliphatic carbocycles. The van der Waals surface area contributed by atoms with Gasteiger partial charge in [-0.2, -0.15) is 0 Å². The van der Waals surface area contributed by atoms with E-state index >= 15 is 0 Å². The number of rotatable bonds is 2. The van der Waals surface area contributed by atoms with Gasteiger partial charge in [0.15, 0.2) is 0 Å². The Bertz CT molecular complexity index is 861. The van der Waals surface area contributed by atoms with Crippen molar-refractivity contribution in [1.29, 1.82) is 0 Å². The fraction of sp³-hybridized carbons (Fsp3) is 0.125. The van der Waals surface area contributed by atoms with Crippen LogP contribution in [0.3, 0.4) is 0 Å². The summed E-state index contributed by atoms with van der Waals surface area (Å²) < 4.78 is 10.2. The van der Waals surface area contributed by atoms with Gasteiger partial charge in [0.1, 0.15) is 5.58 Å². The number of carbonyl (C=O) groups excluding carboxylic acids is 1. The van der Waals surface area contributed by atoms with E-state index in [1.165, 1.54) is 0 Å². The van der Waals surface area contributed by atoms with Gasteiger partial charge in [-0.1, -0.05) is 18.2 Å². The summed E-state index contributed by atoms with van der Waals surface area (Å²) >= 11 is 0. The third-order valence-electron chi connectivity index (χ3n) is 3.13. The maximum atomic E-state index is 11.9. The predicted octanol–water partition coefficient (Wildman–Crippen LogP) is 3.12. The lowest BCUT2D eigenvalue weighted by Crippen LogP contribution is -2.05. The Kier molecular flexibility index (Phi) is 2.99. The number of carbonyl (C=O) groups is 1. The lowest BCUT2D eigenvalue weighted by molar-refractivity contribution is 0.0526. The van der Waals surface area contributed by atoms with Crippen LogP contribution in [0.15, 0.2) is 51.7 Å².